The van der Waals surface area contributed by atoms with Gasteiger partial charge in [-0.3, -0.25) is 14.4 Å². The second kappa shape index (κ2) is 6.66. The van der Waals surface area contributed by atoms with Gasteiger partial charge in [-0.25, -0.2) is 4.39 Å². The van der Waals surface area contributed by atoms with Crippen molar-refractivity contribution in [1.82, 2.24) is 10.2 Å². The minimum Gasteiger partial charge on any atom is -0.347 e. The van der Waals surface area contributed by atoms with Crippen molar-refractivity contribution >= 4 is 35.0 Å². The number of anilines is 1. The summed E-state index contributed by atoms with van der Waals surface area (Å²) in [6.45, 7) is 0.326. The summed E-state index contributed by atoms with van der Waals surface area (Å²) in [5.74, 6) is -1.71. The normalized spacial score (nSPS) is 21.2. The molecule has 2 atom stereocenters. The number of nitrogens with one attached hydrogen (secondary N) is 2. The smallest absolute Gasteiger partial charge is 0.256 e. The molecule has 6 nitrogen and oxygen atoms in total. The molecule has 0 radical (unpaired) electrons. The van der Waals surface area contributed by atoms with E-state index in [0.29, 0.717) is 29.2 Å². The Balaban J connectivity index is 1.60. The molecule has 0 aromatic heterocycles. The molecule has 2 N–H and O–H groups in total. The summed E-state index contributed by atoms with van der Waals surface area (Å²) in [4.78, 5) is 39.5. The minimum absolute atomic E-state index is 0.156. The first-order chi connectivity index (χ1) is 12.9. The first-order valence-corrected chi connectivity index (χ1v) is 8.79. The average molecular weight is 388 g/mol. The van der Waals surface area contributed by atoms with Gasteiger partial charge in [0, 0.05) is 17.1 Å². The molecule has 0 bridgehead atoms. The molecule has 8 heteroatoms. The fraction of sp³-hybridized carbons (Fsp3) is 0.211. The Morgan fingerprint density at radius 1 is 1.22 bits per heavy atom. The number of rotatable bonds is 2. The van der Waals surface area contributed by atoms with Gasteiger partial charge in [-0.15, -0.1) is 0 Å². The largest absolute Gasteiger partial charge is 0.347 e. The maximum absolute atomic E-state index is 13.4. The summed E-state index contributed by atoms with van der Waals surface area (Å²) >= 11 is 5.96. The molecular formula is C19H15ClFN3O3. The van der Waals surface area contributed by atoms with Crippen LogP contribution in [0.4, 0.5) is 10.1 Å². The first kappa shape index (κ1) is 17.5. The maximum Gasteiger partial charge on any atom is 0.256 e. The molecule has 0 saturated carbocycles. The standard InChI is InChI=1S/C19H15ClFN3O3/c20-11-4-5-13-15(9-11)23-18(26)16-14(6-7-24(16)19(13)27)22-17(25)10-2-1-3-12(21)8-10/h1-5,8-9,14,16H,6-7H2,(H,22,25)(H,23,26). The molecule has 2 unspecified atom stereocenters. The predicted octanol–water partition coefficient (Wildman–Crippen LogP) is 2.44. The Morgan fingerprint density at radius 2 is 2.04 bits per heavy atom. The number of hydrogen-bond acceptors (Lipinski definition) is 3. The zero-order valence-corrected chi connectivity index (χ0v) is 14.8. The third-order valence-electron chi connectivity index (χ3n) is 4.80. The van der Waals surface area contributed by atoms with Crippen molar-refractivity contribution in [1.29, 1.82) is 0 Å². The third-order valence-corrected chi connectivity index (χ3v) is 5.04. The van der Waals surface area contributed by atoms with Crippen molar-refractivity contribution in [3.63, 3.8) is 0 Å². The van der Waals surface area contributed by atoms with E-state index in [1.165, 1.54) is 29.2 Å². The van der Waals surface area contributed by atoms with Crippen LogP contribution in [-0.2, 0) is 4.79 Å². The lowest BCUT2D eigenvalue weighted by atomic mass is 10.1. The summed E-state index contributed by atoms with van der Waals surface area (Å²) in [7, 11) is 0. The molecule has 2 aromatic rings. The van der Waals surface area contributed by atoms with E-state index in [1.807, 2.05) is 0 Å². The monoisotopic (exact) mass is 387 g/mol. The van der Waals surface area contributed by atoms with Crippen LogP contribution in [0, 0.1) is 5.82 Å². The molecule has 2 aliphatic heterocycles. The molecule has 2 aromatic carbocycles. The van der Waals surface area contributed by atoms with E-state index in [9.17, 15) is 18.8 Å². The highest BCUT2D eigenvalue weighted by molar-refractivity contribution is 6.31. The van der Waals surface area contributed by atoms with E-state index in [2.05, 4.69) is 10.6 Å². The Morgan fingerprint density at radius 3 is 2.81 bits per heavy atom. The van der Waals surface area contributed by atoms with Crippen LogP contribution in [-0.4, -0.2) is 41.2 Å². The second-order valence-electron chi connectivity index (χ2n) is 6.50. The van der Waals surface area contributed by atoms with E-state index in [-0.39, 0.29) is 11.5 Å². The highest BCUT2D eigenvalue weighted by Gasteiger charge is 2.45. The lowest BCUT2D eigenvalue weighted by Crippen LogP contribution is -2.51. The molecule has 1 saturated heterocycles. The van der Waals surface area contributed by atoms with Gasteiger partial charge >= 0.3 is 0 Å². The van der Waals surface area contributed by atoms with Crippen LogP contribution >= 0.6 is 11.6 Å². The molecule has 3 amide bonds. The Bertz CT molecular complexity index is 965. The molecular weight excluding hydrogens is 373 g/mol. The van der Waals surface area contributed by atoms with Crippen LogP contribution in [0.15, 0.2) is 42.5 Å². The highest BCUT2D eigenvalue weighted by Crippen LogP contribution is 2.30. The number of carbonyl (C=O) groups is 3. The van der Waals surface area contributed by atoms with Gasteiger partial charge in [-0.2, -0.15) is 0 Å². The minimum atomic E-state index is -0.846. The third kappa shape index (κ3) is 3.14. The second-order valence-corrected chi connectivity index (χ2v) is 6.94. The molecule has 2 heterocycles. The quantitative estimate of drug-likeness (QED) is 0.830. The Hall–Kier alpha value is -2.93. The van der Waals surface area contributed by atoms with Gasteiger partial charge < -0.3 is 15.5 Å². The van der Waals surface area contributed by atoms with Crippen molar-refractivity contribution in [2.24, 2.45) is 0 Å². The molecule has 27 heavy (non-hydrogen) atoms. The van der Waals surface area contributed by atoms with Crippen LogP contribution in [0.5, 0.6) is 0 Å². The van der Waals surface area contributed by atoms with E-state index in [0.717, 1.165) is 6.07 Å². The van der Waals surface area contributed by atoms with Crippen LogP contribution in [0.2, 0.25) is 5.02 Å². The van der Waals surface area contributed by atoms with E-state index in [1.54, 1.807) is 12.1 Å². The molecule has 138 valence electrons. The molecule has 0 spiro atoms. The fourth-order valence-corrected chi connectivity index (χ4v) is 3.72. The van der Waals surface area contributed by atoms with Crippen LogP contribution in [0.25, 0.3) is 0 Å². The molecule has 0 aliphatic carbocycles. The van der Waals surface area contributed by atoms with Gasteiger partial charge in [0.25, 0.3) is 11.8 Å². The van der Waals surface area contributed by atoms with Gasteiger partial charge in [0.15, 0.2) is 0 Å². The van der Waals surface area contributed by atoms with Gasteiger partial charge in [0.1, 0.15) is 11.9 Å². The van der Waals surface area contributed by atoms with Gasteiger partial charge in [-0.1, -0.05) is 17.7 Å². The van der Waals surface area contributed by atoms with Crippen molar-refractivity contribution in [2.45, 2.75) is 18.5 Å². The zero-order valence-electron chi connectivity index (χ0n) is 14.0. The fourth-order valence-electron chi connectivity index (χ4n) is 3.54. The summed E-state index contributed by atoms with van der Waals surface area (Å²) in [6.07, 6.45) is 0.424. The lowest BCUT2D eigenvalue weighted by molar-refractivity contribution is -0.120. The van der Waals surface area contributed by atoms with Crippen molar-refractivity contribution in [2.75, 3.05) is 11.9 Å². The Kier molecular flexibility index (Phi) is 4.31. The highest BCUT2D eigenvalue weighted by atomic mass is 35.5. The van der Waals surface area contributed by atoms with E-state index in [4.69, 9.17) is 11.6 Å². The number of carbonyl (C=O) groups excluding carboxylic acids is 3. The maximum atomic E-state index is 13.4. The number of amides is 3. The van der Waals surface area contributed by atoms with Gasteiger partial charge in [0.2, 0.25) is 5.91 Å². The van der Waals surface area contributed by atoms with Crippen molar-refractivity contribution in [3.8, 4) is 0 Å². The summed E-state index contributed by atoms with van der Waals surface area (Å²) < 4.78 is 13.4. The molecule has 2 aliphatic rings. The number of benzene rings is 2. The average Bonchev–Trinajstić information content (AvgIpc) is 3.00. The summed E-state index contributed by atoms with van der Waals surface area (Å²) in [6, 6.07) is 8.55. The first-order valence-electron chi connectivity index (χ1n) is 8.42. The summed E-state index contributed by atoms with van der Waals surface area (Å²) in [5, 5.41) is 5.87. The number of nitrogens with zero attached hydrogens (tertiary/aromatic N) is 1. The van der Waals surface area contributed by atoms with Crippen LogP contribution < -0.4 is 10.6 Å². The van der Waals surface area contributed by atoms with Gasteiger partial charge in [-0.05, 0) is 42.8 Å². The topological polar surface area (TPSA) is 78.5 Å². The Labute approximate surface area is 159 Å². The molecule has 4 rings (SSSR count). The van der Waals surface area contributed by atoms with Gasteiger partial charge in [0.05, 0.1) is 17.3 Å². The predicted molar refractivity (Wildman–Crippen MR) is 97.2 cm³/mol. The van der Waals surface area contributed by atoms with Crippen LogP contribution in [0.1, 0.15) is 27.1 Å². The van der Waals surface area contributed by atoms with E-state index < -0.39 is 29.7 Å². The lowest BCUT2D eigenvalue weighted by Gasteiger charge is -2.25. The van der Waals surface area contributed by atoms with Crippen molar-refractivity contribution < 1.29 is 18.8 Å². The SMILES string of the molecule is O=C(NC1CCN2C(=O)c3ccc(Cl)cc3NC(=O)C12)c1cccc(F)c1. The number of halogens is 2. The molecule has 1 fully saturated rings. The number of hydrogen-bond donors (Lipinski definition) is 2. The van der Waals surface area contributed by atoms with E-state index >= 15 is 0 Å². The zero-order chi connectivity index (χ0) is 19.1. The van der Waals surface area contributed by atoms with Crippen LogP contribution in [0.3, 0.4) is 0 Å². The number of fused-ring (bicyclic) bond motifs is 2. The van der Waals surface area contributed by atoms with Crippen molar-refractivity contribution in [3.05, 3.63) is 64.4 Å². The summed E-state index contributed by atoms with van der Waals surface area (Å²) in [5.41, 5.74) is 0.860.